The Balaban J connectivity index is 1.72. The summed E-state index contributed by atoms with van der Waals surface area (Å²) in [5, 5.41) is 14.3. The quantitative estimate of drug-likeness (QED) is 0.678. The molecule has 2 aromatic carbocycles. The number of nitriles is 1. The van der Waals surface area contributed by atoms with Gasteiger partial charge in [-0.2, -0.15) is 5.26 Å². The molecule has 1 unspecified atom stereocenters. The van der Waals surface area contributed by atoms with Crippen LogP contribution in [0.15, 0.2) is 53.0 Å². The third-order valence-electron chi connectivity index (χ3n) is 3.81. The monoisotopic (exact) mass is 415 g/mol. The number of hydrogen-bond donors (Lipinski definition) is 2. The van der Waals surface area contributed by atoms with Gasteiger partial charge in [0.25, 0.3) is 0 Å². The van der Waals surface area contributed by atoms with Crippen molar-refractivity contribution in [2.45, 2.75) is 32.4 Å². The molecule has 0 spiro atoms. The molecule has 0 fully saturated rings. The molecule has 2 N–H and O–H groups in total. The van der Waals surface area contributed by atoms with Crippen LogP contribution in [0.1, 0.15) is 24.5 Å². The lowest BCUT2D eigenvalue weighted by Crippen LogP contribution is -2.40. The van der Waals surface area contributed by atoms with E-state index in [2.05, 4.69) is 38.7 Å². The predicted octanol–water partition coefficient (Wildman–Crippen LogP) is 4.17. The van der Waals surface area contributed by atoms with E-state index in [1.165, 1.54) is 5.56 Å². The number of nitrogens with zero attached hydrogens (tertiary/aromatic N) is 1. The first kappa shape index (κ1) is 19.8. The predicted molar refractivity (Wildman–Crippen MR) is 105 cm³/mol. The number of halogens is 1. The van der Waals surface area contributed by atoms with Crippen LogP contribution < -0.4 is 15.4 Å². The van der Waals surface area contributed by atoms with Gasteiger partial charge in [0.05, 0.1) is 0 Å². The van der Waals surface area contributed by atoms with Crippen molar-refractivity contribution in [3.63, 3.8) is 0 Å². The zero-order chi connectivity index (χ0) is 18.8. The Labute approximate surface area is 162 Å². The Kier molecular flexibility index (Phi) is 7.97. The molecule has 2 amide bonds. The van der Waals surface area contributed by atoms with Crippen molar-refractivity contribution in [3.8, 4) is 11.8 Å². The highest BCUT2D eigenvalue weighted by Gasteiger charge is 2.07. The summed E-state index contributed by atoms with van der Waals surface area (Å²) in [6, 6.07) is 17.3. The maximum atomic E-state index is 12.0. The molecule has 136 valence electrons. The molecule has 0 saturated heterocycles. The molecular weight excluding hydrogens is 394 g/mol. The summed E-state index contributed by atoms with van der Waals surface area (Å²) in [6.07, 6.45) is 1.78. The molecule has 0 saturated carbocycles. The molecule has 0 aliphatic heterocycles. The molecular formula is C20H22BrN3O2. The van der Waals surface area contributed by atoms with Crippen molar-refractivity contribution in [2.24, 2.45) is 0 Å². The summed E-state index contributed by atoms with van der Waals surface area (Å²) < 4.78 is 6.32. The number of carbonyl (C=O) groups is 1. The summed E-state index contributed by atoms with van der Waals surface area (Å²) in [5.74, 6) is 0.620. The first-order valence-electron chi connectivity index (χ1n) is 8.44. The smallest absolute Gasteiger partial charge is 0.315 e. The van der Waals surface area contributed by atoms with E-state index in [0.717, 1.165) is 22.9 Å². The van der Waals surface area contributed by atoms with Crippen LogP contribution in [0.25, 0.3) is 0 Å². The van der Waals surface area contributed by atoms with Gasteiger partial charge in [-0.1, -0.05) is 40.2 Å². The molecule has 26 heavy (non-hydrogen) atoms. The van der Waals surface area contributed by atoms with Crippen molar-refractivity contribution < 1.29 is 9.53 Å². The molecule has 0 radical (unpaired) electrons. The highest BCUT2D eigenvalue weighted by Crippen LogP contribution is 2.13. The first-order chi connectivity index (χ1) is 12.6. The Morgan fingerprint density at radius 2 is 2.00 bits per heavy atom. The molecule has 2 aromatic rings. The normalized spacial score (nSPS) is 11.3. The topological polar surface area (TPSA) is 74.2 Å². The summed E-state index contributed by atoms with van der Waals surface area (Å²) in [7, 11) is 0. The van der Waals surface area contributed by atoms with Gasteiger partial charge in [0.1, 0.15) is 11.8 Å². The van der Waals surface area contributed by atoms with Gasteiger partial charge >= 0.3 is 6.03 Å². The standard InChI is InChI=1S/C20H22BrN3O2/c1-15(5-6-16-7-9-18(21)10-8-16)24-20(25)23-14-17-3-2-4-19(13-17)26-12-11-22/h2-4,7-10,13,15H,5-6,12,14H2,1H3,(H2,23,24,25). The van der Waals surface area contributed by atoms with Crippen LogP contribution in [0.5, 0.6) is 5.75 Å². The van der Waals surface area contributed by atoms with Gasteiger partial charge in [-0.3, -0.25) is 0 Å². The van der Waals surface area contributed by atoms with Crippen LogP contribution >= 0.6 is 15.9 Å². The van der Waals surface area contributed by atoms with Crippen molar-refractivity contribution in [2.75, 3.05) is 6.61 Å². The summed E-state index contributed by atoms with van der Waals surface area (Å²) in [5.41, 5.74) is 2.16. The zero-order valence-corrected chi connectivity index (χ0v) is 16.3. The molecule has 0 heterocycles. The van der Waals surface area contributed by atoms with Crippen molar-refractivity contribution >= 4 is 22.0 Å². The van der Waals surface area contributed by atoms with E-state index in [1.807, 2.05) is 43.3 Å². The molecule has 2 rings (SSSR count). The lowest BCUT2D eigenvalue weighted by Gasteiger charge is -2.15. The number of urea groups is 1. The third kappa shape index (κ3) is 7.16. The average Bonchev–Trinajstić information content (AvgIpc) is 2.64. The van der Waals surface area contributed by atoms with E-state index in [-0.39, 0.29) is 18.7 Å². The second-order valence-electron chi connectivity index (χ2n) is 5.99. The number of carbonyl (C=O) groups excluding carboxylic acids is 1. The first-order valence-corrected chi connectivity index (χ1v) is 9.23. The van der Waals surface area contributed by atoms with E-state index in [4.69, 9.17) is 10.00 Å². The maximum absolute atomic E-state index is 12.0. The van der Waals surface area contributed by atoms with E-state index in [9.17, 15) is 4.79 Å². The lowest BCUT2D eigenvalue weighted by atomic mass is 10.1. The molecule has 5 nitrogen and oxygen atoms in total. The average molecular weight is 416 g/mol. The number of amides is 2. The fourth-order valence-corrected chi connectivity index (χ4v) is 2.69. The van der Waals surface area contributed by atoms with E-state index >= 15 is 0 Å². The highest BCUT2D eigenvalue weighted by atomic mass is 79.9. The minimum absolute atomic E-state index is 0.00719. The number of ether oxygens (including phenoxy) is 1. The lowest BCUT2D eigenvalue weighted by molar-refractivity contribution is 0.236. The molecule has 0 bridgehead atoms. The fraction of sp³-hybridized carbons (Fsp3) is 0.300. The third-order valence-corrected chi connectivity index (χ3v) is 4.34. The minimum Gasteiger partial charge on any atom is -0.479 e. The van der Waals surface area contributed by atoms with Gasteiger partial charge in [0.2, 0.25) is 0 Å². The van der Waals surface area contributed by atoms with Gasteiger partial charge in [-0.15, -0.1) is 0 Å². The summed E-state index contributed by atoms with van der Waals surface area (Å²) in [6.45, 7) is 2.40. The van der Waals surface area contributed by atoms with E-state index < -0.39 is 0 Å². The Bertz CT molecular complexity index is 756. The fourth-order valence-electron chi connectivity index (χ4n) is 2.42. The second-order valence-corrected chi connectivity index (χ2v) is 6.90. The highest BCUT2D eigenvalue weighted by molar-refractivity contribution is 9.10. The van der Waals surface area contributed by atoms with Crippen LogP contribution in [0.3, 0.4) is 0 Å². The molecule has 6 heteroatoms. The summed E-state index contributed by atoms with van der Waals surface area (Å²) >= 11 is 3.42. The largest absolute Gasteiger partial charge is 0.479 e. The van der Waals surface area contributed by atoms with Gasteiger partial charge in [-0.25, -0.2) is 4.79 Å². The Morgan fingerprint density at radius 1 is 1.23 bits per heavy atom. The van der Waals surface area contributed by atoms with Crippen LogP contribution in [-0.4, -0.2) is 18.7 Å². The Morgan fingerprint density at radius 3 is 2.73 bits per heavy atom. The number of hydrogen-bond acceptors (Lipinski definition) is 3. The van der Waals surface area contributed by atoms with Crippen LogP contribution in [0, 0.1) is 11.3 Å². The van der Waals surface area contributed by atoms with Crippen molar-refractivity contribution in [1.29, 1.82) is 5.26 Å². The molecule has 0 aromatic heterocycles. The van der Waals surface area contributed by atoms with Gasteiger partial charge in [0.15, 0.2) is 6.61 Å². The Hall–Kier alpha value is -2.52. The maximum Gasteiger partial charge on any atom is 0.315 e. The van der Waals surface area contributed by atoms with Crippen LogP contribution in [0.4, 0.5) is 4.79 Å². The van der Waals surface area contributed by atoms with Gasteiger partial charge < -0.3 is 15.4 Å². The zero-order valence-electron chi connectivity index (χ0n) is 14.7. The molecule has 0 aliphatic carbocycles. The number of aryl methyl sites for hydroxylation is 1. The minimum atomic E-state index is -0.198. The number of rotatable bonds is 8. The summed E-state index contributed by atoms with van der Waals surface area (Å²) in [4.78, 5) is 12.0. The van der Waals surface area contributed by atoms with E-state index in [1.54, 1.807) is 6.07 Å². The molecule has 0 aliphatic rings. The van der Waals surface area contributed by atoms with Gasteiger partial charge in [-0.05, 0) is 55.2 Å². The number of nitrogens with one attached hydrogen (secondary N) is 2. The number of benzene rings is 2. The van der Waals surface area contributed by atoms with Crippen LogP contribution in [0.2, 0.25) is 0 Å². The van der Waals surface area contributed by atoms with Crippen LogP contribution in [-0.2, 0) is 13.0 Å². The molecule has 1 atom stereocenters. The second kappa shape index (κ2) is 10.5. The van der Waals surface area contributed by atoms with Crippen molar-refractivity contribution in [1.82, 2.24) is 10.6 Å². The van der Waals surface area contributed by atoms with E-state index in [0.29, 0.717) is 12.3 Å². The SMILES string of the molecule is CC(CCc1ccc(Br)cc1)NC(=O)NCc1cccc(OCC#N)c1. The van der Waals surface area contributed by atoms with Crippen molar-refractivity contribution in [3.05, 3.63) is 64.1 Å². The van der Waals surface area contributed by atoms with Gasteiger partial charge in [0, 0.05) is 17.1 Å².